The van der Waals surface area contributed by atoms with Gasteiger partial charge in [-0.1, -0.05) is 6.07 Å². The number of nitrogens with one attached hydrogen (secondary N) is 1. The molecule has 16 heavy (non-hydrogen) atoms. The van der Waals surface area contributed by atoms with Gasteiger partial charge in [0.2, 0.25) is 0 Å². The lowest BCUT2D eigenvalue weighted by molar-refractivity contribution is 0.0544. The van der Waals surface area contributed by atoms with E-state index in [1.165, 1.54) is 31.1 Å². The Morgan fingerprint density at radius 3 is 3.12 bits per heavy atom. The fraction of sp³-hybridized carbons (Fsp3) is 0.667. The molecule has 0 bridgehead atoms. The van der Waals surface area contributed by atoms with Crippen LogP contribution >= 0.6 is 11.3 Å². The summed E-state index contributed by atoms with van der Waals surface area (Å²) in [4.78, 5) is 6.58. The second kappa shape index (κ2) is 4.45. The molecule has 0 radical (unpaired) electrons. The van der Waals surface area contributed by atoms with Gasteiger partial charge >= 0.3 is 0 Å². The second-order valence-corrected chi connectivity index (χ2v) is 5.87. The number of hydrogen-bond donors (Lipinski definition) is 1. The first-order valence-corrected chi connectivity index (χ1v) is 6.90. The molecule has 2 aliphatic heterocycles. The number of hydrogen-bond acceptors (Lipinski definition) is 4. The molecule has 3 heterocycles. The van der Waals surface area contributed by atoms with Crippen molar-refractivity contribution in [1.82, 2.24) is 15.1 Å². The summed E-state index contributed by atoms with van der Waals surface area (Å²) in [6.45, 7) is 5.97. The lowest BCUT2D eigenvalue weighted by Gasteiger charge is -2.45. The molecule has 1 aromatic heterocycles. The van der Waals surface area contributed by atoms with Gasteiger partial charge in [0.1, 0.15) is 0 Å². The molecule has 2 fully saturated rings. The van der Waals surface area contributed by atoms with Crippen LogP contribution in [0.4, 0.5) is 0 Å². The van der Waals surface area contributed by atoms with Crippen LogP contribution in [0.1, 0.15) is 10.9 Å². The molecule has 0 saturated carbocycles. The summed E-state index contributed by atoms with van der Waals surface area (Å²) in [6.07, 6.45) is 0. The first kappa shape index (κ1) is 10.7. The Morgan fingerprint density at radius 2 is 2.31 bits per heavy atom. The van der Waals surface area contributed by atoms with Crippen LogP contribution in [0.5, 0.6) is 0 Å². The van der Waals surface area contributed by atoms with E-state index in [1.54, 1.807) is 0 Å². The van der Waals surface area contributed by atoms with Gasteiger partial charge in [0, 0.05) is 43.6 Å². The number of thiophene rings is 1. The van der Waals surface area contributed by atoms with Gasteiger partial charge in [-0.2, -0.15) is 0 Å². The van der Waals surface area contributed by atoms with Crippen molar-refractivity contribution < 1.29 is 0 Å². The van der Waals surface area contributed by atoms with Gasteiger partial charge in [-0.05, 0) is 18.5 Å². The Bertz CT molecular complexity index is 338. The largest absolute Gasteiger partial charge is 0.307 e. The predicted octanol–water partition coefficient (Wildman–Crippen LogP) is 1.01. The average Bonchev–Trinajstić information content (AvgIpc) is 2.82. The van der Waals surface area contributed by atoms with Crippen LogP contribution in [-0.4, -0.2) is 55.6 Å². The Morgan fingerprint density at radius 1 is 1.38 bits per heavy atom. The Labute approximate surface area is 101 Å². The van der Waals surface area contributed by atoms with Crippen LogP contribution in [0.2, 0.25) is 0 Å². The number of piperazine rings is 2. The fourth-order valence-corrected chi connectivity index (χ4v) is 3.53. The SMILES string of the molecule is CN1CCN2CC(c3cccs3)NCC2C1. The maximum atomic E-state index is 3.68. The number of rotatable bonds is 1. The molecule has 0 spiro atoms. The van der Waals surface area contributed by atoms with Crippen molar-refractivity contribution in [1.29, 1.82) is 0 Å². The van der Waals surface area contributed by atoms with Crippen LogP contribution in [0.15, 0.2) is 17.5 Å². The van der Waals surface area contributed by atoms with Gasteiger partial charge in [-0.15, -0.1) is 11.3 Å². The first-order valence-electron chi connectivity index (χ1n) is 6.02. The maximum absolute atomic E-state index is 3.68. The van der Waals surface area contributed by atoms with E-state index in [0.717, 1.165) is 12.6 Å². The molecule has 2 saturated heterocycles. The van der Waals surface area contributed by atoms with Crippen LogP contribution < -0.4 is 5.32 Å². The average molecular weight is 237 g/mol. The predicted molar refractivity (Wildman–Crippen MR) is 67.9 cm³/mol. The van der Waals surface area contributed by atoms with Crippen LogP contribution in [-0.2, 0) is 0 Å². The minimum absolute atomic E-state index is 0.555. The van der Waals surface area contributed by atoms with Crippen LogP contribution in [0.3, 0.4) is 0 Å². The van der Waals surface area contributed by atoms with Gasteiger partial charge in [-0.3, -0.25) is 4.90 Å². The molecule has 1 aromatic rings. The van der Waals surface area contributed by atoms with Crippen molar-refractivity contribution in [3.05, 3.63) is 22.4 Å². The normalized spacial score (nSPS) is 32.6. The molecule has 0 amide bonds. The molecule has 0 aliphatic carbocycles. The highest BCUT2D eigenvalue weighted by Gasteiger charge is 2.32. The minimum Gasteiger partial charge on any atom is -0.307 e. The zero-order valence-corrected chi connectivity index (χ0v) is 10.5. The third-order valence-electron chi connectivity index (χ3n) is 3.71. The molecule has 3 rings (SSSR count). The van der Waals surface area contributed by atoms with Crippen molar-refractivity contribution in [3.8, 4) is 0 Å². The number of likely N-dealkylation sites (N-methyl/N-ethyl adjacent to an activating group) is 1. The number of fused-ring (bicyclic) bond motifs is 1. The summed E-state index contributed by atoms with van der Waals surface area (Å²) in [5.41, 5.74) is 0. The Kier molecular flexibility index (Phi) is 2.98. The van der Waals surface area contributed by atoms with E-state index in [4.69, 9.17) is 0 Å². The molecule has 1 N–H and O–H groups in total. The van der Waals surface area contributed by atoms with Crippen molar-refractivity contribution in [3.63, 3.8) is 0 Å². The highest BCUT2D eigenvalue weighted by atomic mass is 32.1. The van der Waals surface area contributed by atoms with E-state index in [9.17, 15) is 0 Å². The highest BCUT2D eigenvalue weighted by Crippen LogP contribution is 2.24. The van der Waals surface area contributed by atoms with Gasteiger partial charge in [0.15, 0.2) is 0 Å². The van der Waals surface area contributed by atoms with E-state index < -0.39 is 0 Å². The van der Waals surface area contributed by atoms with E-state index >= 15 is 0 Å². The van der Waals surface area contributed by atoms with Crippen molar-refractivity contribution in [2.75, 3.05) is 39.8 Å². The Hall–Kier alpha value is -0.420. The second-order valence-electron chi connectivity index (χ2n) is 4.89. The van der Waals surface area contributed by atoms with Gasteiger partial charge in [0.05, 0.1) is 6.04 Å². The van der Waals surface area contributed by atoms with E-state index in [-0.39, 0.29) is 0 Å². The summed E-state index contributed by atoms with van der Waals surface area (Å²) in [6, 6.07) is 5.67. The molecular formula is C12H19N3S. The summed E-state index contributed by atoms with van der Waals surface area (Å²) in [5.74, 6) is 0. The quantitative estimate of drug-likeness (QED) is 0.786. The molecule has 2 aliphatic rings. The van der Waals surface area contributed by atoms with E-state index in [2.05, 4.69) is 39.7 Å². The summed E-state index contributed by atoms with van der Waals surface area (Å²) in [7, 11) is 2.22. The minimum atomic E-state index is 0.555. The molecule has 0 aromatic carbocycles. The van der Waals surface area contributed by atoms with Crippen LogP contribution in [0.25, 0.3) is 0 Å². The zero-order chi connectivity index (χ0) is 11.0. The topological polar surface area (TPSA) is 18.5 Å². The molecule has 3 nitrogen and oxygen atoms in total. The van der Waals surface area contributed by atoms with Gasteiger partial charge < -0.3 is 10.2 Å². The molecule has 4 heteroatoms. The van der Waals surface area contributed by atoms with Crippen molar-refractivity contribution in [2.45, 2.75) is 12.1 Å². The summed E-state index contributed by atoms with van der Waals surface area (Å²) < 4.78 is 0. The van der Waals surface area contributed by atoms with E-state index in [0.29, 0.717) is 6.04 Å². The monoisotopic (exact) mass is 237 g/mol. The van der Waals surface area contributed by atoms with Gasteiger partial charge in [0.25, 0.3) is 0 Å². The van der Waals surface area contributed by atoms with Crippen molar-refractivity contribution in [2.24, 2.45) is 0 Å². The van der Waals surface area contributed by atoms with Crippen LogP contribution in [0, 0.1) is 0 Å². The lowest BCUT2D eigenvalue weighted by atomic mass is 10.1. The smallest absolute Gasteiger partial charge is 0.0544 e. The first-order chi connectivity index (χ1) is 7.83. The number of nitrogens with zero attached hydrogens (tertiary/aromatic N) is 2. The third-order valence-corrected chi connectivity index (χ3v) is 4.70. The van der Waals surface area contributed by atoms with Crippen molar-refractivity contribution >= 4 is 11.3 Å². The lowest BCUT2D eigenvalue weighted by Crippen LogP contribution is -2.60. The molecule has 2 unspecified atom stereocenters. The van der Waals surface area contributed by atoms with Gasteiger partial charge in [-0.25, -0.2) is 0 Å². The fourth-order valence-electron chi connectivity index (χ4n) is 2.74. The molecule has 88 valence electrons. The Balaban J connectivity index is 1.67. The highest BCUT2D eigenvalue weighted by molar-refractivity contribution is 7.10. The van der Waals surface area contributed by atoms with E-state index in [1.807, 2.05) is 11.3 Å². The summed E-state index contributed by atoms with van der Waals surface area (Å²) >= 11 is 1.87. The molecular weight excluding hydrogens is 218 g/mol. The summed E-state index contributed by atoms with van der Waals surface area (Å²) in [5, 5.41) is 5.86. The zero-order valence-electron chi connectivity index (χ0n) is 9.72. The molecule has 2 atom stereocenters. The third kappa shape index (κ3) is 2.02. The standard InChI is InChI=1S/C12H19N3S/c1-14-4-5-15-9-11(12-3-2-6-16-12)13-7-10(15)8-14/h2-3,6,10-11,13H,4-5,7-9H2,1H3. The maximum Gasteiger partial charge on any atom is 0.0544 e.